The van der Waals surface area contributed by atoms with Gasteiger partial charge < -0.3 is 24.9 Å². The zero-order chi connectivity index (χ0) is 20.8. The molecule has 0 spiro atoms. The van der Waals surface area contributed by atoms with Crippen molar-refractivity contribution in [3.8, 4) is 17.0 Å². The van der Waals surface area contributed by atoms with Gasteiger partial charge in [-0.1, -0.05) is 5.16 Å². The van der Waals surface area contributed by atoms with Crippen LogP contribution in [0.15, 0.2) is 29.7 Å². The number of nitrogen functional groups attached to an aromatic ring is 1. The molecule has 1 fully saturated rings. The van der Waals surface area contributed by atoms with Gasteiger partial charge in [-0.25, -0.2) is 14.8 Å². The van der Waals surface area contributed by atoms with Crippen molar-refractivity contribution in [1.82, 2.24) is 14.9 Å². The van der Waals surface area contributed by atoms with Gasteiger partial charge in [-0.05, 0) is 32.0 Å². The van der Waals surface area contributed by atoms with E-state index in [9.17, 15) is 4.79 Å². The highest BCUT2D eigenvalue weighted by Crippen LogP contribution is 2.45. The number of nitrogens with two attached hydrogens (primary N) is 1. The predicted molar refractivity (Wildman–Crippen MR) is 107 cm³/mol. The summed E-state index contributed by atoms with van der Waals surface area (Å²) in [6.45, 7) is 4.61. The summed E-state index contributed by atoms with van der Waals surface area (Å²) in [4.78, 5) is 27.3. The summed E-state index contributed by atoms with van der Waals surface area (Å²) in [5.74, 6) is 1.10. The standard InChI is InChI=1S/C20H23N5O4/c1-20(2)15-16(22-10-23-18(15)21)13-6-5-11(27-4)7-14(13)17(20)24-28-9-12-8-25(3)19(26)29-12/h5-7,10,12H,8-9H2,1-4H3,(H2,21,22,23)/b24-17+/t12-/m0/s1. The SMILES string of the molecule is COc1ccc2c(c1)/C(=N\OC[C@@H]1CN(C)C(=O)O1)C(C)(C)c1c(N)ncnc1-2. The summed E-state index contributed by atoms with van der Waals surface area (Å²) in [5.41, 5.74) is 9.58. The Balaban J connectivity index is 1.75. The summed E-state index contributed by atoms with van der Waals surface area (Å²) in [5, 5.41) is 4.45. The lowest BCUT2D eigenvalue weighted by atomic mass is 9.70. The lowest BCUT2D eigenvalue weighted by Crippen LogP contribution is -2.36. The summed E-state index contributed by atoms with van der Waals surface area (Å²) in [6, 6.07) is 5.70. The third-order valence-corrected chi connectivity index (χ3v) is 5.30. The number of aromatic nitrogens is 2. The molecule has 1 aliphatic carbocycles. The van der Waals surface area contributed by atoms with Gasteiger partial charge in [-0.2, -0.15) is 0 Å². The molecule has 1 atom stereocenters. The summed E-state index contributed by atoms with van der Waals surface area (Å²) < 4.78 is 10.6. The third-order valence-electron chi connectivity index (χ3n) is 5.30. The van der Waals surface area contributed by atoms with Gasteiger partial charge in [0.1, 0.15) is 17.9 Å². The topological polar surface area (TPSA) is 112 Å². The van der Waals surface area contributed by atoms with E-state index in [0.717, 1.165) is 22.4 Å². The maximum Gasteiger partial charge on any atom is 0.410 e. The minimum absolute atomic E-state index is 0.155. The fourth-order valence-electron chi connectivity index (χ4n) is 3.81. The molecular formula is C20H23N5O4. The number of carbonyl (C=O) groups excluding carboxylic acids is 1. The second-order valence-electron chi connectivity index (χ2n) is 7.64. The molecule has 4 rings (SSSR count). The smallest absolute Gasteiger partial charge is 0.410 e. The highest BCUT2D eigenvalue weighted by molar-refractivity contribution is 6.15. The molecule has 29 heavy (non-hydrogen) atoms. The number of rotatable bonds is 4. The van der Waals surface area contributed by atoms with Crippen LogP contribution in [-0.4, -0.2) is 60.1 Å². The van der Waals surface area contributed by atoms with Crippen molar-refractivity contribution in [2.45, 2.75) is 25.4 Å². The zero-order valence-electron chi connectivity index (χ0n) is 16.8. The van der Waals surface area contributed by atoms with Crippen LogP contribution in [0, 0.1) is 0 Å². The van der Waals surface area contributed by atoms with Crippen LogP contribution in [0.3, 0.4) is 0 Å². The van der Waals surface area contributed by atoms with E-state index < -0.39 is 5.41 Å². The van der Waals surface area contributed by atoms with Gasteiger partial charge in [0.15, 0.2) is 12.7 Å². The zero-order valence-corrected chi connectivity index (χ0v) is 16.8. The molecule has 9 heteroatoms. The molecule has 0 saturated carbocycles. The van der Waals surface area contributed by atoms with Crippen LogP contribution in [0.4, 0.5) is 10.6 Å². The average Bonchev–Trinajstić information content (AvgIpc) is 3.01. The molecule has 2 N–H and O–H groups in total. The van der Waals surface area contributed by atoms with Crippen LogP contribution in [-0.2, 0) is 15.0 Å². The average molecular weight is 397 g/mol. The van der Waals surface area contributed by atoms with E-state index in [2.05, 4.69) is 15.1 Å². The summed E-state index contributed by atoms with van der Waals surface area (Å²) >= 11 is 0. The predicted octanol–water partition coefficient (Wildman–Crippen LogP) is 2.20. The minimum Gasteiger partial charge on any atom is -0.497 e. The van der Waals surface area contributed by atoms with E-state index in [0.29, 0.717) is 23.8 Å². The normalized spacial score (nSPS) is 20.8. The number of amides is 1. The van der Waals surface area contributed by atoms with Crippen LogP contribution in [0.5, 0.6) is 5.75 Å². The van der Waals surface area contributed by atoms with Gasteiger partial charge in [-0.3, -0.25) is 0 Å². The van der Waals surface area contributed by atoms with Crippen LogP contribution < -0.4 is 10.5 Å². The number of ether oxygens (including phenoxy) is 2. The van der Waals surface area contributed by atoms with Crippen molar-refractivity contribution in [2.75, 3.05) is 33.0 Å². The van der Waals surface area contributed by atoms with Crippen molar-refractivity contribution in [1.29, 1.82) is 0 Å². The largest absolute Gasteiger partial charge is 0.497 e. The van der Waals surface area contributed by atoms with Gasteiger partial charge in [0.2, 0.25) is 0 Å². The van der Waals surface area contributed by atoms with E-state index in [1.54, 1.807) is 14.2 Å². The molecule has 9 nitrogen and oxygen atoms in total. The Labute approximate surface area is 168 Å². The number of hydrogen-bond acceptors (Lipinski definition) is 8. The molecule has 1 aromatic heterocycles. The van der Waals surface area contributed by atoms with E-state index in [4.69, 9.17) is 20.0 Å². The van der Waals surface area contributed by atoms with Gasteiger partial charge in [0.25, 0.3) is 0 Å². The van der Waals surface area contributed by atoms with E-state index in [-0.39, 0.29) is 18.8 Å². The molecule has 152 valence electrons. The Morgan fingerprint density at radius 3 is 2.83 bits per heavy atom. The number of fused-ring (bicyclic) bond motifs is 3. The first kappa shape index (κ1) is 19.0. The van der Waals surface area contributed by atoms with Crippen LogP contribution in [0.1, 0.15) is 25.0 Å². The quantitative estimate of drug-likeness (QED) is 0.787. The first-order valence-electron chi connectivity index (χ1n) is 9.25. The Morgan fingerprint density at radius 2 is 2.14 bits per heavy atom. The maximum atomic E-state index is 11.5. The monoisotopic (exact) mass is 397 g/mol. The maximum absolute atomic E-state index is 11.5. The van der Waals surface area contributed by atoms with Crippen molar-refractivity contribution in [3.63, 3.8) is 0 Å². The van der Waals surface area contributed by atoms with Crippen LogP contribution in [0.25, 0.3) is 11.3 Å². The highest BCUT2D eigenvalue weighted by Gasteiger charge is 2.41. The molecule has 0 unspecified atom stereocenters. The Kier molecular flexibility index (Phi) is 4.52. The molecule has 0 radical (unpaired) electrons. The number of methoxy groups -OCH3 is 1. The van der Waals surface area contributed by atoms with Crippen molar-refractivity contribution in [2.24, 2.45) is 5.16 Å². The number of anilines is 1. The molecule has 2 aliphatic rings. The molecule has 0 bridgehead atoms. The first-order chi connectivity index (χ1) is 13.8. The van der Waals surface area contributed by atoms with Crippen LogP contribution in [0.2, 0.25) is 0 Å². The van der Waals surface area contributed by atoms with E-state index in [1.807, 2.05) is 32.0 Å². The van der Waals surface area contributed by atoms with Crippen molar-refractivity contribution >= 4 is 17.6 Å². The van der Waals surface area contributed by atoms with Gasteiger partial charge >= 0.3 is 6.09 Å². The lowest BCUT2D eigenvalue weighted by Gasteiger charge is -2.34. The molecule has 1 amide bonds. The number of carbonyl (C=O) groups is 1. The number of hydrogen-bond donors (Lipinski definition) is 1. The first-order valence-corrected chi connectivity index (χ1v) is 9.25. The van der Waals surface area contributed by atoms with Crippen molar-refractivity contribution in [3.05, 3.63) is 35.7 Å². The Hall–Kier alpha value is -3.36. The molecular weight excluding hydrogens is 374 g/mol. The number of benzene rings is 1. The molecule has 1 aliphatic heterocycles. The van der Waals surface area contributed by atoms with E-state index >= 15 is 0 Å². The molecule has 1 saturated heterocycles. The highest BCUT2D eigenvalue weighted by atomic mass is 16.7. The number of nitrogens with zero attached hydrogens (tertiary/aromatic N) is 4. The number of cyclic esters (lactones) is 1. The fraction of sp³-hybridized carbons (Fsp3) is 0.400. The van der Waals surface area contributed by atoms with Crippen LogP contribution >= 0.6 is 0 Å². The summed E-state index contributed by atoms with van der Waals surface area (Å²) in [7, 11) is 3.29. The summed E-state index contributed by atoms with van der Waals surface area (Å²) in [6.07, 6.45) is 0.731. The van der Waals surface area contributed by atoms with E-state index in [1.165, 1.54) is 11.2 Å². The molecule has 2 aromatic rings. The second-order valence-corrected chi connectivity index (χ2v) is 7.64. The Bertz CT molecular complexity index is 1000. The van der Waals surface area contributed by atoms with Gasteiger partial charge in [0, 0.05) is 29.2 Å². The number of likely N-dealkylation sites (N-methyl/N-ethyl adjacent to an activating group) is 1. The fourth-order valence-corrected chi connectivity index (χ4v) is 3.81. The minimum atomic E-state index is -0.608. The van der Waals surface area contributed by atoms with Gasteiger partial charge in [0.05, 0.1) is 25.1 Å². The third kappa shape index (κ3) is 3.12. The lowest BCUT2D eigenvalue weighted by molar-refractivity contribution is 0.0486. The molecule has 1 aromatic carbocycles. The van der Waals surface area contributed by atoms with Gasteiger partial charge in [-0.15, -0.1) is 0 Å². The number of oxime groups is 1. The molecule has 2 heterocycles. The second kappa shape index (κ2) is 6.91. The Morgan fingerprint density at radius 1 is 1.34 bits per heavy atom. The van der Waals surface area contributed by atoms with Crippen molar-refractivity contribution < 1.29 is 19.1 Å².